The Hall–Kier alpha value is -0.450. The zero-order chi connectivity index (χ0) is 15.5. The minimum absolute atomic E-state index is 0.116. The van der Waals surface area contributed by atoms with Crippen molar-refractivity contribution in [1.29, 1.82) is 0 Å². The van der Waals surface area contributed by atoms with E-state index >= 15 is 0 Å². The lowest BCUT2D eigenvalue weighted by Crippen LogP contribution is -2.60. The molecule has 21 heavy (non-hydrogen) atoms. The topological polar surface area (TPSA) is 15.3 Å². The molecule has 0 saturated heterocycles. The molecular formula is C17H26BrFN2. The van der Waals surface area contributed by atoms with Gasteiger partial charge in [-0.3, -0.25) is 0 Å². The molecule has 0 aliphatic heterocycles. The molecule has 2 nitrogen and oxygen atoms in total. The molecule has 1 aliphatic rings. The van der Waals surface area contributed by atoms with Crippen molar-refractivity contribution >= 4 is 15.9 Å². The summed E-state index contributed by atoms with van der Waals surface area (Å²) in [6.45, 7) is 0. The van der Waals surface area contributed by atoms with Gasteiger partial charge < -0.3 is 10.2 Å². The zero-order valence-electron chi connectivity index (χ0n) is 13.3. The monoisotopic (exact) mass is 356 g/mol. The summed E-state index contributed by atoms with van der Waals surface area (Å²) in [6.07, 6.45) is 6.94. The van der Waals surface area contributed by atoms with E-state index in [1.807, 2.05) is 19.2 Å². The van der Waals surface area contributed by atoms with Crippen LogP contribution in [0.15, 0.2) is 22.7 Å². The lowest BCUT2D eigenvalue weighted by Gasteiger charge is -2.48. The van der Waals surface area contributed by atoms with E-state index in [2.05, 4.69) is 40.2 Å². The second-order valence-corrected chi connectivity index (χ2v) is 7.26. The predicted octanol–water partition coefficient (Wildman–Crippen LogP) is 3.98. The lowest BCUT2D eigenvalue weighted by atomic mass is 9.73. The van der Waals surface area contributed by atoms with Crippen LogP contribution in [0.1, 0.15) is 37.7 Å². The Labute approximate surface area is 136 Å². The Balaban J connectivity index is 2.24. The van der Waals surface area contributed by atoms with Crippen LogP contribution in [0.5, 0.6) is 0 Å². The minimum Gasteiger partial charge on any atom is -0.315 e. The van der Waals surface area contributed by atoms with Gasteiger partial charge >= 0.3 is 0 Å². The number of hydrogen-bond donors (Lipinski definition) is 1. The van der Waals surface area contributed by atoms with Crippen LogP contribution in [0.3, 0.4) is 0 Å². The van der Waals surface area contributed by atoms with Crippen molar-refractivity contribution in [3.63, 3.8) is 0 Å². The standard InChI is InChI=1S/C17H26BrFN2/c1-20-16(11-13-7-8-14(18)12-15(13)19)17(21(2)3)9-5-4-6-10-17/h7-8,12,16,20H,4-6,9-11H2,1-3H3. The number of nitrogens with one attached hydrogen (secondary N) is 1. The van der Waals surface area contributed by atoms with Gasteiger partial charge in [0.25, 0.3) is 0 Å². The Morgan fingerprint density at radius 1 is 1.29 bits per heavy atom. The van der Waals surface area contributed by atoms with Gasteiger partial charge in [-0.1, -0.05) is 41.3 Å². The highest BCUT2D eigenvalue weighted by atomic mass is 79.9. The van der Waals surface area contributed by atoms with Crippen molar-refractivity contribution in [3.8, 4) is 0 Å². The fourth-order valence-corrected chi connectivity index (χ4v) is 4.07. The van der Waals surface area contributed by atoms with Crippen molar-refractivity contribution in [1.82, 2.24) is 10.2 Å². The Morgan fingerprint density at radius 3 is 2.48 bits per heavy atom. The van der Waals surface area contributed by atoms with Gasteiger partial charge in [0.15, 0.2) is 0 Å². The highest BCUT2D eigenvalue weighted by Gasteiger charge is 2.41. The van der Waals surface area contributed by atoms with Crippen LogP contribution in [0.25, 0.3) is 0 Å². The third-order valence-corrected chi connectivity index (χ3v) is 5.54. The number of likely N-dealkylation sites (N-methyl/N-ethyl adjacent to an activating group) is 2. The Kier molecular flexibility index (Phi) is 5.81. The summed E-state index contributed by atoms with van der Waals surface area (Å²) in [7, 11) is 6.32. The molecule has 0 amide bonds. The molecule has 0 bridgehead atoms. The first kappa shape index (κ1) is 16.9. The molecule has 0 heterocycles. The zero-order valence-corrected chi connectivity index (χ0v) is 14.8. The SMILES string of the molecule is CNC(Cc1ccc(Br)cc1F)C1(N(C)C)CCCCC1. The summed E-state index contributed by atoms with van der Waals surface area (Å²) in [5.74, 6) is -0.116. The van der Waals surface area contributed by atoms with Crippen LogP contribution in [0, 0.1) is 5.82 Å². The first-order valence-corrected chi connectivity index (χ1v) is 8.57. The second kappa shape index (κ2) is 7.21. The maximum Gasteiger partial charge on any atom is 0.127 e. The highest BCUT2D eigenvalue weighted by Crippen LogP contribution is 2.36. The van der Waals surface area contributed by atoms with Crippen molar-refractivity contribution in [2.45, 2.75) is 50.1 Å². The van der Waals surface area contributed by atoms with Crippen LogP contribution in [0.4, 0.5) is 4.39 Å². The molecule has 1 aromatic carbocycles. The highest BCUT2D eigenvalue weighted by molar-refractivity contribution is 9.10. The first-order chi connectivity index (χ1) is 9.99. The number of benzene rings is 1. The molecular weight excluding hydrogens is 331 g/mol. The number of rotatable bonds is 5. The molecule has 1 unspecified atom stereocenters. The van der Waals surface area contributed by atoms with Gasteiger partial charge in [-0.15, -0.1) is 0 Å². The minimum atomic E-state index is -0.116. The average Bonchev–Trinajstić information content (AvgIpc) is 2.47. The van der Waals surface area contributed by atoms with Gasteiger partial charge in [0, 0.05) is 16.1 Å². The van der Waals surface area contributed by atoms with Crippen LogP contribution >= 0.6 is 15.9 Å². The first-order valence-electron chi connectivity index (χ1n) is 7.78. The van der Waals surface area contributed by atoms with Gasteiger partial charge in [0.2, 0.25) is 0 Å². The molecule has 1 atom stereocenters. The van der Waals surface area contributed by atoms with Gasteiger partial charge in [0.05, 0.1) is 0 Å². The third kappa shape index (κ3) is 3.66. The van der Waals surface area contributed by atoms with E-state index in [1.165, 1.54) is 32.1 Å². The molecule has 1 aromatic rings. The quantitative estimate of drug-likeness (QED) is 0.858. The van der Waals surface area contributed by atoms with E-state index in [4.69, 9.17) is 0 Å². The molecule has 0 radical (unpaired) electrons. The van der Waals surface area contributed by atoms with E-state index < -0.39 is 0 Å². The third-order valence-electron chi connectivity index (χ3n) is 5.05. The van der Waals surface area contributed by atoms with Gasteiger partial charge in [-0.05, 0) is 58.1 Å². The van der Waals surface area contributed by atoms with Crippen molar-refractivity contribution in [2.24, 2.45) is 0 Å². The summed E-state index contributed by atoms with van der Waals surface area (Å²) in [4.78, 5) is 2.35. The predicted molar refractivity (Wildman–Crippen MR) is 90.2 cm³/mol. The number of hydrogen-bond acceptors (Lipinski definition) is 2. The summed E-state index contributed by atoms with van der Waals surface area (Å²) < 4.78 is 15.0. The summed E-state index contributed by atoms with van der Waals surface area (Å²) in [6, 6.07) is 5.65. The number of nitrogens with zero attached hydrogens (tertiary/aromatic N) is 1. The molecule has 2 rings (SSSR count). The Bertz CT molecular complexity index is 470. The van der Waals surface area contributed by atoms with Crippen molar-refractivity contribution in [3.05, 3.63) is 34.1 Å². The molecule has 1 fully saturated rings. The van der Waals surface area contributed by atoms with Crippen LogP contribution in [-0.4, -0.2) is 37.6 Å². The summed E-state index contributed by atoms with van der Waals surface area (Å²) >= 11 is 3.33. The molecule has 0 spiro atoms. The summed E-state index contributed by atoms with van der Waals surface area (Å²) in [5, 5.41) is 3.46. The fourth-order valence-electron chi connectivity index (χ4n) is 3.74. The summed E-state index contributed by atoms with van der Waals surface area (Å²) in [5.41, 5.74) is 0.927. The van der Waals surface area contributed by atoms with E-state index in [9.17, 15) is 4.39 Å². The smallest absolute Gasteiger partial charge is 0.127 e. The maximum absolute atomic E-state index is 14.2. The largest absolute Gasteiger partial charge is 0.315 e. The normalized spacial score (nSPS) is 19.7. The van der Waals surface area contributed by atoms with E-state index in [0.29, 0.717) is 0 Å². The fraction of sp³-hybridized carbons (Fsp3) is 0.647. The lowest BCUT2D eigenvalue weighted by molar-refractivity contribution is 0.0595. The maximum atomic E-state index is 14.2. The van der Waals surface area contributed by atoms with Gasteiger partial charge in [-0.2, -0.15) is 0 Å². The second-order valence-electron chi connectivity index (χ2n) is 6.34. The molecule has 0 aromatic heterocycles. The van der Waals surface area contributed by atoms with Crippen LogP contribution in [-0.2, 0) is 6.42 Å². The number of halogens is 2. The molecule has 1 N–H and O–H groups in total. The van der Waals surface area contributed by atoms with Crippen molar-refractivity contribution < 1.29 is 4.39 Å². The van der Waals surface area contributed by atoms with E-state index in [0.717, 1.165) is 16.5 Å². The van der Waals surface area contributed by atoms with Crippen LogP contribution in [0.2, 0.25) is 0 Å². The molecule has 1 saturated carbocycles. The molecule has 1 aliphatic carbocycles. The van der Waals surface area contributed by atoms with E-state index in [-0.39, 0.29) is 17.4 Å². The molecule has 118 valence electrons. The molecule has 4 heteroatoms. The van der Waals surface area contributed by atoms with E-state index in [1.54, 1.807) is 6.07 Å². The van der Waals surface area contributed by atoms with Crippen molar-refractivity contribution in [2.75, 3.05) is 21.1 Å². The van der Waals surface area contributed by atoms with Gasteiger partial charge in [-0.25, -0.2) is 4.39 Å². The van der Waals surface area contributed by atoms with Crippen LogP contribution < -0.4 is 5.32 Å². The van der Waals surface area contributed by atoms with Gasteiger partial charge in [0.1, 0.15) is 5.82 Å². The average molecular weight is 357 g/mol. The Morgan fingerprint density at radius 2 is 1.95 bits per heavy atom.